The van der Waals surface area contributed by atoms with Gasteiger partial charge in [0.05, 0.1) is 5.41 Å². The first kappa shape index (κ1) is 14.9. The van der Waals surface area contributed by atoms with E-state index in [1.165, 1.54) is 12.8 Å². The van der Waals surface area contributed by atoms with E-state index in [2.05, 4.69) is 4.98 Å². The van der Waals surface area contributed by atoms with Crippen LogP contribution in [0.2, 0.25) is 0 Å². The van der Waals surface area contributed by atoms with Gasteiger partial charge in [0.25, 0.3) is 5.91 Å². The molecule has 2 amide bonds. The minimum atomic E-state index is -0.213. The van der Waals surface area contributed by atoms with Crippen LogP contribution in [0.15, 0.2) is 10.2 Å². The number of piperazine rings is 1. The van der Waals surface area contributed by atoms with E-state index in [0.29, 0.717) is 37.2 Å². The highest BCUT2D eigenvalue weighted by atomic mass is 32.1. The van der Waals surface area contributed by atoms with Crippen LogP contribution in [-0.4, -0.2) is 52.3 Å². The van der Waals surface area contributed by atoms with Gasteiger partial charge in [0.1, 0.15) is 5.69 Å². The van der Waals surface area contributed by atoms with Crippen LogP contribution >= 0.6 is 11.3 Å². The van der Waals surface area contributed by atoms with Crippen LogP contribution in [-0.2, 0) is 4.79 Å². The van der Waals surface area contributed by atoms with Crippen LogP contribution in [0.1, 0.15) is 43.1 Å². The van der Waals surface area contributed by atoms with Gasteiger partial charge in [-0.1, -0.05) is 17.8 Å². The predicted octanol–water partition coefficient (Wildman–Crippen LogP) is 1.30. The minimum absolute atomic E-state index is 0.0291. The lowest BCUT2D eigenvalue weighted by atomic mass is 10.0. The fourth-order valence-corrected chi connectivity index (χ4v) is 4.95. The molecule has 0 spiro atoms. The van der Waals surface area contributed by atoms with Gasteiger partial charge in [0.2, 0.25) is 5.91 Å². The molecule has 1 aliphatic heterocycles. The summed E-state index contributed by atoms with van der Waals surface area (Å²) in [5.41, 5.74) is 0.299. The molecule has 2 saturated carbocycles. The summed E-state index contributed by atoms with van der Waals surface area (Å²) < 4.78 is 0. The van der Waals surface area contributed by atoms with Crippen LogP contribution in [0.3, 0.4) is 0 Å². The van der Waals surface area contributed by atoms with E-state index in [-0.39, 0.29) is 22.2 Å². The number of amides is 2. The Hall–Kier alpha value is -1.63. The van der Waals surface area contributed by atoms with Gasteiger partial charge in [-0.05, 0) is 32.1 Å². The molecule has 1 unspecified atom stereocenters. The predicted molar refractivity (Wildman–Crippen MR) is 86.4 cm³/mol. The molecule has 0 aromatic carbocycles. The number of nitrogens with one attached hydrogen (secondary N) is 1. The van der Waals surface area contributed by atoms with Crippen molar-refractivity contribution >= 4 is 23.2 Å². The van der Waals surface area contributed by atoms with Crippen LogP contribution in [0, 0.1) is 11.3 Å². The lowest BCUT2D eigenvalue weighted by molar-refractivity contribution is -0.139. The Morgan fingerprint density at radius 3 is 2.78 bits per heavy atom. The van der Waals surface area contributed by atoms with Gasteiger partial charge in [-0.3, -0.25) is 14.4 Å². The monoisotopic (exact) mass is 335 g/mol. The van der Waals surface area contributed by atoms with Crippen molar-refractivity contribution in [1.29, 1.82) is 0 Å². The van der Waals surface area contributed by atoms with Crippen molar-refractivity contribution in [2.75, 3.05) is 19.6 Å². The van der Waals surface area contributed by atoms with Gasteiger partial charge < -0.3 is 14.8 Å². The molecule has 1 saturated heterocycles. The van der Waals surface area contributed by atoms with E-state index >= 15 is 0 Å². The average molecular weight is 335 g/mol. The highest BCUT2D eigenvalue weighted by Crippen LogP contribution is 2.64. The lowest BCUT2D eigenvalue weighted by Crippen LogP contribution is -2.56. The van der Waals surface area contributed by atoms with E-state index in [9.17, 15) is 14.4 Å². The number of aromatic amines is 1. The molecule has 3 fully saturated rings. The number of nitrogens with zero attached hydrogens (tertiary/aromatic N) is 2. The maximum absolute atomic E-state index is 12.8. The van der Waals surface area contributed by atoms with Crippen molar-refractivity contribution in [3.8, 4) is 0 Å². The summed E-state index contributed by atoms with van der Waals surface area (Å²) in [6.45, 7) is 3.69. The topological polar surface area (TPSA) is 73.5 Å². The Morgan fingerprint density at radius 2 is 2.22 bits per heavy atom. The van der Waals surface area contributed by atoms with Gasteiger partial charge in [0, 0.05) is 31.1 Å². The van der Waals surface area contributed by atoms with E-state index in [1.807, 2.05) is 11.8 Å². The fourth-order valence-electron chi connectivity index (χ4n) is 4.40. The number of hydrogen-bond donors (Lipinski definition) is 1. The Labute approximate surface area is 138 Å². The number of H-pyrrole nitrogens is 1. The maximum atomic E-state index is 12.8. The van der Waals surface area contributed by atoms with Crippen LogP contribution < -0.4 is 4.87 Å². The summed E-state index contributed by atoms with van der Waals surface area (Å²) >= 11 is 1.00. The molecule has 124 valence electrons. The first-order valence-corrected chi connectivity index (χ1v) is 9.17. The molecule has 2 heterocycles. The number of thiazole rings is 1. The standard InChI is InChI=1S/C16H21N3O3S/c1-10-8-18(14(21)16-4-2-3-11(16)7-16)5-6-19(10)13(20)12-9-23-15(22)17-12/h9-11H,2-8H2,1H3,(H,17,22)/t10?,11-,16-/m1/s1. The first-order valence-electron chi connectivity index (χ1n) is 8.29. The van der Waals surface area contributed by atoms with Crippen molar-refractivity contribution in [2.24, 2.45) is 11.3 Å². The number of rotatable bonds is 2. The van der Waals surface area contributed by atoms with Gasteiger partial charge >= 0.3 is 4.87 Å². The van der Waals surface area contributed by atoms with Crippen LogP contribution in [0.5, 0.6) is 0 Å². The first-order chi connectivity index (χ1) is 11.0. The summed E-state index contributed by atoms with van der Waals surface area (Å²) in [6, 6.07) is -0.0291. The SMILES string of the molecule is CC1CN(C(=O)[C@@]23CCC[C@@H]2C3)CCN1C(=O)c1csc(=O)[nH]1. The number of fused-ring (bicyclic) bond motifs is 1. The third kappa shape index (κ3) is 2.33. The van der Waals surface area contributed by atoms with Gasteiger partial charge in [-0.2, -0.15) is 0 Å². The van der Waals surface area contributed by atoms with Gasteiger partial charge in [-0.15, -0.1) is 0 Å². The number of carbonyl (C=O) groups excluding carboxylic acids is 2. The molecule has 3 aliphatic rings. The van der Waals surface area contributed by atoms with Crippen molar-refractivity contribution < 1.29 is 9.59 Å². The lowest BCUT2D eigenvalue weighted by Gasteiger charge is -2.40. The van der Waals surface area contributed by atoms with Crippen LogP contribution in [0.25, 0.3) is 0 Å². The van der Waals surface area contributed by atoms with Crippen molar-refractivity contribution in [3.63, 3.8) is 0 Å². The molecule has 0 radical (unpaired) electrons. The second kappa shape index (κ2) is 5.19. The molecular formula is C16H21N3O3S. The van der Waals surface area contributed by atoms with E-state index in [4.69, 9.17) is 0 Å². The summed E-state index contributed by atoms with van der Waals surface area (Å²) in [7, 11) is 0. The number of aromatic nitrogens is 1. The molecule has 1 aromatic heterocycles. The molecule has 1 aromatic rings. The Balaban J connectivity index is 1.43. The average Bonchev–Trinajstić information content (AvgIpc) is 2.88. The second-order valence-electron chi connectivity index (χ2n) is 7.11. The van der Waals surface area contributed by atoms with Crippen molar-refractivity contribution in [1.82, 2.24) is 14.8 Å². The Morgan fingerprint density at radius 1 is 1.39 bits per heavy atom. The zero-order valence-electron chi connectivity index (χ0n) is 13.2. The summed E-state index contributed by atoms with van der Waals surface area (Å²) in [5.74, 6) is 0.773. The van der Waals surface area contributed by atoms with Crippen LogP contribution in [0.4, 0.5) is 0 Å². The summed E-state index contributed by atoms with van der Waals surface area (Å²) in [5, 5.41) is 1.57. The molecule has 0 bridgehead atoms. The van der Waals surface area contributed by atoms with E-state index in [1.54, 1.807) is 10.3 Å². The maximum Gasteiger partial charge on any atom is 0.305 e. The number of hydrogen-bond acceptors (Lipinski definition) is 4. The molecule has 6 nitrogen and oxygen atoms in total. The number of carbonyl (C=O) groups is 2. The third-order valence-electron chi connectivity index (χ3n) is 5.76. The Kier molecular flexibility index (Phi) is 3.37. The second-order valence-corrected chi connectivity index (χ2v) is 7.95. The van der Waals surface area contributed by atoms with Crippen molar-refractivity contribution in [3.05, 3.63) is 20.7 Å². The molecule has 3 atom stereocenters. The highest BCUT2D eigenvalue weighted by molar-refractivity contribution is 7.07. The van der Waals surface area contributed by atoms with Gasteiger partial charge in [-0.25, -0.2) is 0 Å². The highest BCUT2D eigenvalue weighted by Gasteiger charge is 2.63. The summed E-state index contributed by atoms with van der Waals surface area (Å²) in [6.07, 6.45) is 4.48. The molecule has 2 aliphatic carbocycles. The minimum Gasteiger partial charge on any atom is -0.338 e. The molecular weight excluding hydrogens is 314 g/mol. The smallest absolute Gasteiger partial charge is 0.305 e. The quantitative estimate of drug-likeness (QED) is 0.885. The third-order valence-corrected chi connectivity index (χ3v) is 6.43. The largest absolute Gasteiger partial charge is 0.338 e. The zero-order chi connectivity index (χ0) is 16.2. The zero-order valence-corrected chi connectivity index (χ0v) is 14.0. The molecule has 7 heteroatoms. The molecule has 23 heavy (non-hydrogen) atoms. The van der Waals surface area contributed by atoms with E-state index in [0.717, 1.165) is 24.2 Å². The molecule has 1 N–H and O–H groups in total. The Bertz CT molecular complexity index is 711. The summed E-state index contributed by atoms with van der Waals surface area (Å²) in [4.78, 5) is 42.6. The normalized spacial score (nSPS) is 32.7. The fraction of sp³-hybridized carbons (Fsp3) is 0.688. The van der Waals surface area contributed by atoms with Crippen molar-refractivity contribution in [2.45, 2.75) is 38.6 Å². The molecule has 4 rings (SSSR count). The van der Waals surface area contributed by atoms with E-state index < -0.39 is 0 Å². The van der Waals surface area contributed by atoms with Gasteiger partial charge in [0.15, 0.2) is 0 Å².